The van der Waals surface area contributed by atoms with Crippen LogP contribution in [0.1, 0.15) is 147 Å². The molecule has 9 atom stereocenters. The van der Waals surface area contributed by atoms with E-state index in [0.717, 1.165) is 64.4 Å². The fourth-order valence-corrected chi connectivity index (χ4v) is 13.0. The first kappa shape index (κ1) is 36.7. The van der Waals surface area contributed by atoms with Crippen molar-refractivity contribution in [2.24, 2.45) is 28.6 Å². The highest BCUT2D eigenvalue weighted by Gasteiger charge is 2.67. The molecule has 3 heterocycles. The normalized spacial score (nSPS) is 37.7. The highest BCUT2D eigenvalue weighted by atomic mass is 16.5. The lowest BCUT2D eigenvalue weighted by Gasteiger charge is -2.64. The van der Waals surface area contributed by atoms with Gasteiger partial charge in [0.2, 0.25) is 5.91 Å². The highest BCUT2D eigenvalue weighted by Crippen LogP contribution is 2.71. The summed E-state index contributed by atoms with van der Waals surface area (Å²) in [6.45, 7) is 27.6. The summed E-state index contributed by atoms with van der Waals surface area (Å²) in [5.74, 6) is 0.224. The van der Waals surface area contributed by atoms with Gasteiger partial charge in [0.05, 0.1) is 34.5 Å². The van der Waals surface area contributed by atoms with Crippen molar-refractivity contribution in [2.75, 3.05) is 0 Å². The molecule has 7 heteroatoms. The lowest BCUT2D eigenvalue weighted by Crippen LogP contribution is -2.62. The number of carbonyl (C=O) groups is 2. The van der Waals surface area contributed by atoms with Crippen LogP contribution in [-0.4, -0.2) is 49.8 Å². The highest BCUT2D eigenvalue weighted by molar-refractivity contribution is 6.18. The second-order valence-corrected chi connectivity index (χ2v) is 19.7. The van der Waals surface area contributed by atoms with Crippen molar-refractivity contribution in [3.63, 3.8) is 0 Å². The summed E-state index contributed by atoms with van der Waals surface area (Å²) >= 11 is 0. The molecule has 4 aliphatic carbocycles. The summed E-state index contributed by atoms with van der Waals surface area (Å²) in [5.41, 5.74) is 6.67. The molecule has 8 rings (SSSR count). The average molecular weight is 721 g/mol. The molecule has 1 aromatic carbocycles. The van der Waals surface area contributed by atoms with Crippen LogP contribution in [0.25, 0.3) is 16.5 Å². The Kier molecular flexibility index (Phi) is 7.89. The molecule has 0 radical (unpaired) electrons. The quantitative estimate of drug-likeness (QED) is 0.163. The number of ketones is 1. The summed E-state index contributed by atoms with van der Waals surface area (Å²) in [5, 5.41) is 28.1. The first-order valence-electron chi connectivity index (χ1n) is 20.0. The number of carbonyl (C=O) groups excluding carboxylic acids is 2. The molecule has 6 aliphatic rings. The number of fused-ring (bicyclic) bond motifs is 11. The average Bonchev–Trinajstić information content (AvgIpc) is 3.70. The molecule has 2 saturated carbocycles. The number of aliphatic hydroxyl groups excluding tert-OH is 2. The number of aliphatic hydroxyl groups is 2. The van der Waals surface area contributed by atoms with Gasteiger partial charge in [0.25, 0.3) is 0 Å². The predicted molar refractivity (Wildman–Crippen MR) is 211 cm³/mol. The molecule has 1 aromatic heterocycles. The zero-order valence-electron chi connectivity index (χ0n) is 33.7. The minimum absolute atomic E-state index is 0.0357. The van der Waals surface area contributed by atoms with E-state index in [4.69, 9.17) is 4.74 Å². The smallest absolute Gasteiger partial charge is 0.244 e. The molecule has 53 heavy (non-hydrogen) atoms. The summed E-state index contributed by atoms with van der Waals surface area (Å²) in [6.07, 6.45) is 11.2. The summed E-state index contributed by atoms with van der Waals surface area (Å²) in [7, 11) is 0. The molecule has 1 amide bonds. The van der Waals surface area contributed by atoms with E-state index in [0.29, 0.717) is 17.9 Å². The van der Waals surface area contributed by atoms with Crippen LogP contribution >= 0.6 is 0 Å². The molecule has 0 saturated heterocycles. The van der Waals surface area contributed by atoms with Gasteiger partial charge in [-0.1, -0.05) is 45.1 Å². The lowest BCUT2D eigenvalue weighted by atomic mass is 9.40. The van der Waals surface area contributed by atoms with Crippen molar-refractivity contribution in [3.8, 4) is 0 Å². The zero-order chi connectivity index (χ0) is 38.5. The summed E-state index contributed by atoms with van der Waals surface area (Å²) in [6, 6.07) is 1.84. The maximum Gasteiger partial charge on any atom is 0.244 e. The SMILES string of the molecule is C=C(C)[C@H]1C(=O)c2c3c(cc4c5c(n1c24)[C@@]1(C)[C@@H](CC[C@H]2[C@](C)(/C=C/C(C)=C/C(=O)NC(C)C)[C@@H](O)CC[C@@]21C)C5)C1=CC(C)(C)OC(C)(C)[C@H]1[C@@H]3O. The fourth-order valence-electron chi connectivity index (χ4n) is 13.0. The molecule has 0 bridgehead atoms. The van der Waals surface area contributed by atoms with Crippen molar-refractivity contribution < 1.29 is 24.5 Å². The third-order valence-corrected chi connectivity index (χ3v) is 15.1. The minimum atomic E-state index is -0.853. The number of rotatable bonds is 5. The van der Waals surface area contributed by atoms with Gasteiger partial charge in [-0.15, -0.1) is 0 Å². The molecular weight excluding hydrogens is 661 g/mol. The van der Waals surface area contributed by atoms with Crippen LogP contribution in [0.15, 0.2) is 48.1 Å². The van der Waals surface area contributed by atoms with E-state index >= 15 is 0 Å². The molecule has 0 unspecified atom stereocenters. The number of amides is 1. The fraction of sp³-hybridized carbons (Fsp3) is 0.609. The van der Waals surface area contributed by atoms with Crippen LogP contribution in [0.4, 0.5) is 0 Å². The number of benzene rings is 1. The summed E-state index contributed by atoms with van der Waals surface area (Å²) < 4.78 is 8.91. The van der Waals surface area contributed by atoms with Gasteiger partial charge in [0.1, 0.15) is 6.04 Å². The topological polar surface area (TPSA) is 101 Å². The van der Waals surface area contributed by atoms with Crippen molar-refractivity contribution in [2.45, 2.75) is 149 Å². The van der Waals surface area contributed by atoms with Crippen LogP contribution < -0.4 is 5.32 Å². The van der Waals surface area contributed by atoms with Gasteiger partial charge in [-0.25, -0.2) is 0 Å². The Labute approximate surface area is 315 Å². The van der Waals surface area contributed by atoms with Gasteiger partial charge in [0, 0.05) is 45.5 Å². The molecule has 2 aliphatic heterocycles. The predicted octanol–water partition coefficient (Wildman–Crippen LogP) is 8.62. The number of aromatic nitrogens is 1. The number of hydrogen-bond donors (Lipinski definition) is 3. The maximum atomic E-state index is 14.9. The summed E-state index contributed by atoms with van der Waals surface area (Å²) in [4.78, 5) is 27.5. The molecule has 0 spiro atoms. The molecule has 7 nitrogen and oxygen atoms in total. The van der Waals surface area contributed by atoms with E-state index in [9.17, 15) is 19.8 Å². The Balaban J connectivity index is 1.31. The lowest BCUT2D eigenvalue weighted by molar-refractivity contribution is -0.144. The number of ether oxygens (including phenoxy) is 1. The Hall–Kier alpha value is -3.26. The Bertz CT molecular complexity index is 2090. The van der Waals surface area contributed by atoms with Crippen molar-refractivity contribution in [3.05, 3.63) is 76.0 Å². The van der Waals surface area contributed by atoms with E-state index in [1.165, 1.54) is 11.3 Å². The number of nitrogens with zero attached hydrogens (tertiary/aromatic N) is 1. The van der Waals surface area contributed by atoms with E-state index in [2.05, 4.69) is 83.1 Å². The van der Waals surface area contributed by atoms with Gasteiger partial charge in [-0.05, 0) is 139 Å². The largest absolute Gasteiger partial charge is 0.392 e. The van der Waals surface area contributed by atoms with Crippen molar-refractivity contribution >= 4 is 28.2 Å². The van der Waals surface area contributed by atoms with Crippen molar-refractivity contribution in [1.29, 1.82) is 0 Å². The Morgan fingerprint density at radius 1 is 1.08 bits per heavy atom. The van der Waals surface area contributed by atoms with Gasteiger partial charge in [0.15, 0.2) is 5.78 Å². The van der Waals surface area contributed by atoms with E-state index in [1.807, 2.05) is 33.8 Å². The third kappa shape index (κ3) is 4.75. The van der Waals surface area contributed by atoms with Gasteiger partial charge >= 0.3 is 0 Å². The molecule has 2 fully saturated rings. The number of allylic oxidation sites excluding steroid dienone is 3. The van der Waals surface area contributed by atoms with Gasteiger partial charge in [-0.2, -0.15) is 0 Å². The van der Waals surface area contributed by atoms with Crippen LogP contribution in [0, 0.1) is 28.6 Å². The second-order valence-electron chi connectivity index (χ2n) is 19.7. The molecule has 284 valence electrons. The second kappa shape index (κ2) is 11.4. The van der Waals surface area contributed by atoms with Crippen LogP contribution in [0.3, 0.4) is 0 Å². The zero-order valence-corrected chi connectivity index (χ0v) is 33.7. The number of nitrogens with one attached hydrogen (secondary N) is 1. The van der Waals surface area contributed by atoms with Crippen LogP contribution in [0.5, 0.6) is 0 Å². The van der Waals surface area contributed by atoms with E-state index in [1.54, 1.807) is 6.08 Å². The first-order chi connectivity index (χ1) is 24.6. The van der Waals surface area contributed by atoms with Crippen molar-refractivity contribution in [1.82, 2.24) is 9.88 Å². The Morgan fingerprint density at radius 3 is 2.43 bits per heavy atom. The maximum absolute atomic E-state index is 14.9. The van der Waals surface area contributed by atoms with Gasteiger partial charge in [-0.3, -0.25) is 9.59 Å². The van der Waals surface area contributed by atoms with Crippen LogP contribution in [-0.2, 0) is 21.4 Å². The van der Waals surface area contributed by atoms with Gasteiger partial charge < -0.3 is 24.8 Å². The third-order valence-electron chi connectivity index (χ3n) is 15.1. The monoisotopic (exact) mass is 720 g/mol. The molecule has 2 aromatic rings. The van der Waals surface area contributed by atoms with Crippen LogP contribution in [0.2, 0.25) is 0 Å². The number of hydrogen-bond acceptors (Lipinski definition) is 5. The van der Waals surface area contributed by atoms with E-state index in [-0.39, 0.29) is 40.4 Å². The first-order valence-corrected chi connectivity index (χ1v) is 20.0. The Morgan fingerprint density at radius 2 is 1.77 bits per heavy atom. The minimum Gasteiger partial charge on any atom is -0.392 e. The molecule has 3 N–H and O–H groups in total. The standard InChI is InChI=1S/C46H60N2O5/c1-23(2)37-40(52)35-34-27(30-22-42(6,7)53-43(8,9)36(30)39(34)51)21-28-29-20-26-13-14-31-44(10,17-15-25(5)19-33(50)47-24(3)4)32(49)16-18-45(31,11)46(26,12)41(29)48(37)38(28)35/h15,17,19,21-22,24,26,31-32,36-37,39,49,51H,1,13-14,16,18,20H2,2-12H3,(H,47,50)/b17-15+,25-19+/t26-,31-,32-,36+,37-,39+,44-,45-,46+/m0/s1. The number of Topliss-reactive ketones (excluding diaryl/α,β-unsaturated/α-hetero) is 1. The van der Waals surface area contributed by atoms with E-state index < -0.39 is 34.9 Å². The molecular formula is C46H60N2O5.